The number of hydrogen-bond acceptors (Lipinski definition) is 9. The van der Waals surface area contributed by atoms with E-state index in [4.69, 9.17) is 21.7 Å². The van der Waals surface area contributed by atoms with E-state index in [0.29, 0.717) is 41.8 Å². The molecule has 9 rings (SSSR count). The van der Waals surface area contributed by atoms with Crippen LogP contribution in [-0.4, -0.2) is 62.4 Å². The smallest absolute Gasteiger partial charge is 0.268 e. The van der Waals surface area contributed by atoms with E-state index in [-0.39, 0.29) is 33.1 Å². The number of nitrogens with two attached hydrogens (primary N) is 1. The fourth-order valence-corrected chi connectivity index (χ4v) is 8.93. The molecule has 5 N–H and O–H groups in total. The Morgan fingerprint density at radius 1 is 0.760 bits per heavy atom. The lowest BCUT2D eigenvalue weighted by molar-refractivity contribution is 0.0828. The first-order valence-electron chi connectivity index (χ1n) is 17.0. The number of amides is 2. The molecule has 50 heavy (non-hydrogen) atoms. The molecule has 14 nitrogen and oxygen atoms in total. The van der Waals surface area contributed by atoms with E-state index in [9.17, 15) is 18.0 Å². The van der Waals surface area contributed by atoms with Gasteiger partial charge in [-0.05, 0) is 67.6 Å². The molecular formula is C34H37ClN10O4S. The van der Waals surface area contributed by atoms with Gasteiger partial charge in [0.2, 0.25) is 21.3 Å². The molecule has 2 aliphatic carbocycles. The van der Waals surface area contributed by atoms with Crippen LogP contribution in [0.2, 0.25) is 5.28 Å². The second-order valence-electron chi connectivity index (χ2n) is 13.8. The predicted molar refractivity (Wildman–Crippen MR) is 188 cm³/mol. The van der Waals surface area contributed by atoms with Crippen LogP contribution in [0, 0.1) is 0 Å². The Bertz CT molecular complexity index is 2270. The number of nitrogens with one attached hydrogen (secondary N) is 3. The number of fused-ring (bicyclic) bond motifs is 8. The average Bonchev–Trinajstić information content (AvgIpc) is 3.70. The summed E-state index contributed by atoms with van der Waals surface area (Å²) in [6, 6.07) is 9.89. The standard InChI is InChI=1S/C20H22N6O3S.C14H15ClN4O/c21-30(28,29)15-6-4-5-14(10-15)24-19-22-11-13-9-16-18(27)23-12-20(7-2-1-3-8-20)26(16)17(13)25-19;15-13-16-7-9-6-10-12(20)17-8-14(4-2-1-3-5-14)19(10)11(9)18-13/h4-6,9-11H,1-3,7-8,12H2,(H,23,27)(H2,21,28,29)(H,22,24,25);6-7H,1-5,8H2,(H,17,20). The topological polar surface area (TPSA) is 192 Å². The first-order valence-corrected chi connectivity index (χ1v) is 18.9. The summed E-state index contributed by atoms with van der Waals surface area (Å²) < 4.78 is 27.4. The third-order valence-electron chi connectivity index (χ3n) is 10.6. The van der Waals surface area contributed by atoms with E-state index < -0.39 is 10.0 Å². The van der Waals surface area contributed by atoms with Crippen LogP contribution in [0.1, 0.15) is 85.2 Å². The molecule has 0 atom stereocenters. The summed E-state index contributed by atoms with van der Waals surface area (Å²) in [6.45, 7) is 1.29. The fourth-order valence-electron chi connectivity index (χ4n) is 8.24. The molecule has 2 amide bonds. The normalized spacial score (nSPS) is 19.3. The summed E-state index contributed by atoms with van der Waals surface area (Å²) in [5.74, 6) is 0.196. The van der Waals surface area contributed by atoms with Crippen LogP contribution in [0.15, 0.2) is 53.7 Å². The Morgan fingerprint density at radius 3 is 1.86 bits per heavy atom. The van der Waals surface area contributed by atoms with Crippen LogP contribution >= 0.6 is 11.6 Å². The van der Waals surface area contributed by atoms with E-state index in [2.05, 4.69) is 40.0 Å². The Morgan fingerprint density at radius 2 is 1.30 bits per heavy atom. The van der Waals surface area contributed by atoms with Gasteiger partial charge < -0.3 is 25.1 Å². The molecular weight excluding hydrogens is 680 g/mol. The minimum absolute atomic E-state index is 0.00599. The quantitative estimate of drug-likeness (QED) is 0.191. The van der Waals surface area contributed by atoms with Gasteiger partial charge in [-0.2, -0.15) is 9.97 Å². The Kier molecular flexibility index (Phi) is 8.03. The molecule has 4 aliphatic rings. The molecule has 5 aromatic rings. The molecule has 0 radical (unpaired) electrons. The van der Waals surface area contributed by atoms with Gasteiger partial charge >= 0.3 is 0 Å². The maximum atomic E-state index is 12.5. The summed E-state index contributed by atoms with van der Waals surface area (Å²) >= 11 is 5.95. The van der Waals surface area contributed by atoms with Crippen LogP contribution in [0.25, 0.3) is 22.1 Å². The molecule has 2 spiro atoms. The number of hydrogen-bond donors (Lipinski definition) is 4. The average molecular weight is 717 g/mol. The van der Waals surface area contributed by atoms with Gasteiger partial charge in [0.1, 0.15) is 22.7 Å². The summed E-state index contributed by atoms with van der Waals surface area (Å²) in [7, 11) is -3.81. The highest BCUT2D eigenvalue weighted by atomic mass is 35.5. The van der Waals surface area contributed by atoms with Crippen molar-refractivity contribution in [2.45, 2.75) is 80.2 Å². The lowest BCUT2D eigenvalue weighted by Gasteiger charge is -2.42. The van der Waals surface area contributed by atoms with Gasteiger partial charge in [-0.15, -0.1) is 0 Å². The number of carbonyl (C=O) groups excluding carboxylic acids is 2. The van der Waals surface area contributed by atoms with Gasteiger partial charge in [0.25, 0.3) is 11.8 Å². The Labute approximate surface area is 293 Å². The number of nitrogens with zero attached hydrogens (tertiary/aromatic N) is 6. The zero-order valence-corrected chi connectivity index (χ0v) is 28.9. The lowest BCUT2D eigenvalue weighted by atomic mass is 9.80. The monoisotopic (exact) mass is 716 g/mol. The number of carbonyl (C=O) groups is 2. The fraction of sp³-hybridized carbons (Fsp3) is 0.412. The molecule has 2 saturated carbocycles. The molecule has 6 heterocycles. The second kappa shape index (κ2) is 12.3. The van der Waals surface area contributed by atoms with Crippen LogP contribution in [0.4, 0.5) is 11.6 Å². The zero-order chi connectivity index (χ0) is 34.7. The van der Waals surface area contributed by atoms with Crippen molar-refractivity contribution in [3.63, 3.8) is 0 Å². The molecule has 0 unspecified atom stereocenters. The van der Waals surface area contributed by atoms with Crippen molar-refractivity contribution < 1.29 is 18.0 Å². The van der Waals surface area contributed by atoms with Gasteiger partial charge in [0.15, 0.2) is 0 Å². The molecule has 0 saturated heterocycles. The lowest BCUT2D eigenvalue weighted by Crippen LogP contribution is -2.52. The highest BCUT2D eigenvalue weighted by molar-refractivity contribution is 7.89. The maximum absolute atomic E-state index is 12.5. The zero-order valence-electron chi connectivity index (χ0n) is 27.3. The van der Waals surface area contributed by atoms with E-state index in [0.717, 1.165) is 54.9 Å². The van der Waals surface area contributed by atoms with Crippen LogP contribution in [-0.2, 0) is 21.1 Å². The van der Waals surface area contributed by atoms with Crippen molar-refractivity contribution in [1.29, 1.82) is 0 Å². The number of aromatic nitrogens is 6. The third kappa shape index (κ3) is 5.66. The largest absolute Gasteiger partial charge is 0.348 e. The summed E-state index contributed by atoms with van der Waals surface area (Å²) in [5, 5.41) is 16.3. The van der Waals surface area contributed by atoms with Crippen LogP contribution in [0.3, 0.4) is 0 Å². The highest BCUT2D eigenvalue weighted by Gasteiger charge is 2.43. The Hall–Kier alpha value is -4.60. The molecule has 16 heteroatoms. The summed E-state index contributed by atoms with van der Waals surface area (Å²) in [4.78, 5) is 42.1. The van der Waals surface area contributed by atoms with Crippen molar-refractivity contribution in [2.24, 2.45) is 5.14 Å². The van der Waals surface area contributed by atoms with Gasteiger partial charge in [-0.1, -0.05) is 44.6 Å². The number of benzene rings is 1. The highest BCUT2D eigenvalue weighted by Crippen LogP contribution is 2.41. The van der Waals surface area contributed by atoms with Gasteiger partial charge in [0.05, 0.1) is 16.0 Å². The molecule has 1 aromatic carbocycles. The SMILES string of the molecule is NS(=O)(=O)c1cccc(Nc2ncc3cc4n(c3n2)C2(CCCCC2)CNC4=O)c1.O=C1NCC2(CCCCC2)n2c1cc1cnc(Cl)nc12. The molecule has 260 valence electrons. The van der Waals surface area contributed by atoms with E-state index in [1.54, 1.807) is 24.5 Å². The van der Waals surface area contributed by atoms with Crippen molar-refractivity contribution in [2.75, 3.05) is 18.4 Å². The first kappa shape index (κ1) is 32.6. The number of sulfonamides is 1. The number of halogens is 1. The van der Waals surface area contributed by atoms with E-state index in [1.807, 2.05) is 12.1 Å². The number of anilines is 2. The van der Waals surface area contributed by atoms with Crippen molar-refractivity contribution >= 4 is 67.1 Å². The molecule has 4 aromatic heterocycles. The minimum atomic E-state index is -3.81. The number of rotatable bonds is 3. The van der Waals surface area contributed by atoms with Crippen molar-refractivity contribution in [1.82, 2.24) is 39.7 Å². The van der Waals surface area contributed by atoms with E-state index >= 15 is 0 Å². The van der Waals surface area contributed by atoms with E-state index in [1.165, 1.54) is 37.8 Å². The number of primary sulfonamides is 1. The van der Waals surface area contributed by atoms with Crippen molar-refractivity contribution in [3.05, 3.63) is 65.5 Å². The summed E-state index contributed by atoms with van der Waals surface area (Å²) in [6.07, 6.45) is 14.6. The van der Waals surface area contributed by atoms with Crippen LogP contribution < -0.4 is 21.1 Å². The molecule has 2 aliphatic heterocycles. The predicted octanol–water partition coefficient (Wildman–Crippen LogP) is 4.71. The van der Waals surface area contributed by atoms with Gasteiger partial charge in [-0.25, -0.2) is 23.5 Å². The minimum Gasteiger partial charge on any atom is -0.348 e. The first-order chi connectivity index (χ1) is 24.1. The van der Waals surface area contributed by atoms with Gasteiger partial charge in [0, 0.05) is 41.9 Å². The van der Waals surface area contributed by atoms with Crippen molar-refractivity contribution in [3.8, 4) is 0 Å². The van der Waals surface area contributed by atoms with Crippen LogP contribution in [0.5, 0.6) is 0 Å². The maximum Gasteiger partial charge on any atom is 0.268 e. The van der Waals surface area contributed by atoms with Gasteiger partial charge in [-0.3, -0.25) is 9.59 Å². The third-order valence-corrected chi connectivity index (χ3v) is 11.7. The molecule has 2 fully saturated rings. The second-order valence-corrected chi connectivity index (χ2v) is 15.7. The Balaban J connectivity index is 0.000000156. The molecule has 0 bridgehead atoms. The summed E-state index contributed by atoms with van der Waals surface area (Å²) in [5.41, 5.74) is 3.10.